The fraction of sp³-hybridized carbons (Fsp3) is 0.188. The molecule has 0 bridgehead atoms. The summed E-state index contributed by atoms with van der Waals surface area (Å²) in [4.78, 5) is 16.1. The van der Waals surface area contributed by atoms with Gasteiger partial charge in [-0.3, -0.25) is 4.79 Å². The van der Waals surface area contributed by atoms with Crippen LogP contribution in [0.15, 0.2) is 48.8 Å². The summed E-state index contributed by atoms with van der Waals surface area (Å²) in [5.41, 5.74) is 0.658. The first-order valence-electron chi connectivity index (χ1n) is 7.20. The van der Waals surface area contributed by atoms with Crippen LogP contribution in [-0.2, 0) is 4.79 Å². The van der Waals surface area contributed by atoms with Gasteiger partial charge in [-0.25, -0.2) is 9.37 Å². The number of hydrogen-bond donors (Lipinski definition) is 1. The lowest BCUT2D eigenvalue weighted by Gasteiger charge is -2.08. The molecule has 2 heterocycles. The average molecular weight is 314 g/mol. The first-order chi connectivity index (χ1) is 11.2. The summed E-state index contributed by atoms with van der Waals surface area (Å²) >= 11 is 0. The fourth-order valence-electron chi connectivity index (χ4n) is 2.11. The number of rotatable bonds is 6. The largest absolute Gasteiger partial charge is 0.491 e. The smallest absolute Gasteiger partial charge is 0.225 e. The Morgan fingerprint density at radius 1 is 1.22 bits per heavy atom. The number of anilines is 1. The predicted molar refractivity (Wildman–Crippen MR) is 82.7 cm³/mol. The summed E-state index contributed by atoms with van der Waals surface area (Å²) in [7, 11) is 0. The molecular weight excluding hydrogens is 299 g/mol. The number of nitrogens with zero attached hydrogens (tertiary/aromatic N) is 3. The molecule has 3 rings (SSSR count). The molecule has 0 unspecified atom stereocenters. The van der Waals surface area contributed by atoms with Gasteiger partial charge >= 0.3 is 0 Å². The van der Waals surface area contributed by atoms with E-state index in [0.29, 0.717) is 17.9 Å². The molecule has 118 valence electrons. The molecule has 3 aromatic rings. The van der Waals surface area contributed by atoms with E-state index < -0.39 is 5.82 Å². The van der Waals surface area contributed by atoms with Crippen molar-refractivity contribution in [1.82, 2.24) is 14.6 Å². The third kappa shape index (κ3) is 3.63. The normalized spacial score (nSPS) is 10.7. The highest BCUT2D eigenvalue weighted by Crippen LogP contribution is 2.15. The Labute approximate surface area is 131 Å². The molecule has 0 aliphatic carbocycles. The number of aromatic nitrogens is 3. The SMILES string of the molecule is O=C(CCCOc1ccccc1F)Nc1ccnc2ccnn12. The zero-order valence-electron chi connectivity index (χ0n) is 12.3. The van der Waals surface area contributed by atoms with Crippen molar-refractivity contribution in [2.24, 2.45) is 0 Å². The number of halogens is 1. The molecule has 0 saturated carbocycles. The van der Waals surface area contributed by atoms with Gasteiger partial charge in [0.1, 0.15) is 5.82 Å². The molecule has 2 aromatic heterocycles. The van der Waals surface area contributed by atoms with E-state index in [4.69, 9.17) is 4.74 Å². The molecule has 1 aromatic carbocycles. The quantitative estimate of drug-likeness (QED) is 0.710. The van der Waals surface area contributed by atoms with E-state index in [1.807, 2.05) is 0 Å². The second kappa shape index (κ2) is 6.87. The number of amides is 1. The Kier molecular flexibility index (Phi) is 4.46. The molecule has 0 atom stereocenters. The van der Waals surface area contributed by atoms with E-state index >= 15 is 0 Å². The van der Waals surface area contributed by atoms with Crippen molar-refractivity contribution in [1.29, 1.82) is 0 Å². The van der Waals surface area contributed by atoms with Crippen LogP contribution in [0.1, 0.15) is 12.8 Å². The van der Waals surface area contributed by atoms with Crippen LogP contribution < -0.4 is 10.1 Å². The Morgan fingerprint density at radius 2 is 2.09 bits per heavy atom. The van der Waals surface area contributed by atoms with Crippen molar-refractivity contribution in [2.75, 3.05) is 11.9 Å². The van der Waals surface area contributed by atoms with Gasteiger partial charge in [0.05, 0.1) is 12.8 Å². The summed E-state index contributed by atoms with van der Waals surface area (Å²) in [6, 6.07) is 9.61. The lowest BCUT2D eigenvalue weighted by atomic mass is 10.3. The number of hydrogen-bond acceptors (Lipinski definition) is 4. The molecule has 23 heavy (non-hydrogen) atoms. The number of carbonyl (C=O) groups is 1. The predicted octanol–water partition coefficient (Wildman–Crippen LogP) is 2.67. The Balaban J connectivity index is 1.48. The van der Waals surface area contributed by atoms with Gasteiger partial charge in [-0.15, -0.1) is 0 Å². The summed E-state index contributed by atoms with van der Waals surface area (Å²) in [6.07, 6.45) is 3.96. The molecule has 1 N–H and O–H groups in total. The van der Waals surface area contributed by atoms with Crippen LogP contribution in [0.25, 0.3) is 5.65 Å². The number of para-hydroxylation sites is 1. The van der Waals surface area contributed by atoms with Gasteiger partial charge in [0.2, 0.25) is 5.91 Å². The van der Waals surface area contributed by atoms with Crippen LogP contribution >= 0.6 is 0 Å². The zero-order valence-corrected chi connectivity index (χ0v) is 12.3. The highest BCUT2D eigenvalue weighted by molar-refractivity contribution is 5.90. The van der Waals surface area contributed by atoms with Gasteiger partial charge < -0.3 is 10.1 Å². The van der Waals surface area contributed by atoms with Crippen LogP contribution in [-0.4, -0.2) is 27.1 Å². The van der Waals surface area contributed by atoms with Crippen molar-refractivity contribution in [3.8, 4) is 5.75 Å². The molecule has 0 aliphatic heterocycles. The maximum absolute atomic E-state index is 13.4. The topological polar surface area (TPSA) is 68.5 Å². The highest BCUT2D eigenvalue weighted by Gasteiger charge is 2.07. The highest BCUT2D eigenvalue weighted by atomic mass is 19.1. The minimum atomic E-state index is -0.408. The van der Waals surface area contributed by atoms with Gasteiger partial charge in [-0.2, -0.15) is 9.61 Å². The summed E-state index contributed by atoms with van der Waals surface area (Å²) in [5, 5.41) is 6.86. The molecule has 0 fully saturated rings. The van der Waals surface area contributed by atoms with Gasteiger partial charge in [-0.05, 0) is 24.6 Å². The van der Waals surface area contributed by atoms with Crippen molar-refractivity contribution in [2.45, 2.75) is 12.8 Å². The number of benzene rings is 1. The molecule has 0 spiro atoms. The molecule has 7 heteroatoms. The third-order valence-electron chi connectivity index (χ3n) is 3.20. The minimum absolute atomic E-state index is 0.162. The monoisotopic (exact) mass is 314 g/mol. The summed E-state index contributed by atoms with van der Waals surface area (Å²) < 4.78 is 20.2. The van der Waals surface area contributed by atoms with Crippen molar-refractivity contribution < 1.29 is 13.9 Å². The lowest BCUT2D eigenvalue weighted by Crippen LogP contribution is -2.15. The van der Waals surface area contributed by atoms with Crippen LogP contribution in [0.2, 0.25) is 0 Å². The standard InChI is InChI=1S/C16H15FN4O2/c17-12-4-1-2-5-13(12)23-11-3-6-16(22)20-15-7-9-18-14-8-10-19-21(14)15/h1-2,4-5,7-10H,3,6,11H2,(H,20,22). The number of nitrogens with one attached hydrogen (secondary N) is 1. The molecule has 0 radical (unpaired) electrons. The Morgan fingerprint density at radius 3 is 2.96 bits per heavy atom. The van der Waals surface area contributed by atoms with Crippen molar-refractivity contribution in [3.63, 3.8) is 0 Å². The molecule has 1 amide bonds. The fourth-order valence-corrected chi connectivity index (χ4v) is 2.11. The summed E-state index contributed by atoms with van der Waals surface area (Å²) in [5.74, 6) is 0.181. The van der Waals surface area contributed by atoms with Crippen molar-refractivity contribution >= 4 is 17.4 Å². The second-order valence-corrected chi connectivity index (χ2v) is 4.86. The minimum Gasteiger partial charge on any atom is -0.491 e. The van der Waals surface area contributed by atoms with Crippen molar-refractivity contribution in [3.05, 3.63) is 54.6 Å². The van der Waals surface area contributed by atoms with E-state index in [2.05, 4.69) is 15.4 Å². The van der Waals surface area contributed by atoms with Crippen LogP contribution in [0.5, 0.6) is 5.75 Å². The van der Waals surface area contributed by atoms with E-state index in [-0.39, 0.29) is 24.7 Å². The Hall–Kier alpha value is -2.96. The van der Waals surface area contributed by atoms with Crippen LogP contribution in [0.4, 0.5) is 10.2 Å². The zero-order chi connectivity index (χ0) is 16.1. The maximum Gasteiger partial charge on any atom is 0.225 e. The first-order valence-corrected chi connectivity index (χ1v) is 7.20. The molecule has 0 saturated heterocycles. The van der Waals surface area contributed by atoms with Gasteiger partial charge in [0.15, 0.2) is 17.2 Å². The number of ether oxygens (including phenoxy) is 1. The maximum atomic E-state index is 13.4. The number of carbonyl (C=O) groups excluding carboxylic acids is 1. The van der Waals surface area contributed by atoms with Crippen LogP contribution in [0, 0.1) is 5.82 Å². The Bertz CT molecular complexity index is 818. The van der Waals surface area contributed by atoms with Gasteiger partial charge in [-0.1, -0.05) is 12.1 Å². The van der Waals surface area contributed by atoms with E-state index in [0.717, 1.165) is 0 Å². The van der Waals surface area contributed by atoms with E-state index in [9.17, 15) is 9.18 Å². The summed E-state index contributed by atoms with van der Waals surface area (Å²) in [6.45, 7) is 0.266. The van der Waals surface area contributed by atoms with E-state index in [1.54, 1.807) is 47.2 Å². The van der Waals surface area contributed by atoms with Gasteiger partial charge in [0.25, 0.3) is 0 Å². The third-order valence-corrected chi connectivity index (χ3v) is 3.20. The lowest BCUT2D eigenvalue weighted by molar-refractivity contribution is -0.116. The van der Waals surface area contributed by atoms with E-state index in [1.165, 1.54) is 6.07 Å². The molecule has 6 nitrogen and oxygen atoms in total. The number of fused-ring (bicyclic) bond motifs is 1. The molecular formula is C16H15FN4O2. The van der Waals surface area contributed by atoms with Crippen LogP contribution in [0.3, 0.4) is 0 Å². The first kappa shape index (κ1) is 15.0. The average Bonchev–Trinajstić information content (AvgIpc) is 3.03. The molecule has 0 aliphatic rings. The van der Waals surface area contributed by atoms with Gasteiger partial charge in [0, 0.05) is 18.7 Å². The second-order valence-electron chi connectivity index (χ2n) is 4.86.